The number of likely N-dealkylation sites (tertiary alicyclic amines) is 1. The number of nitrogens with zero attached hydrogens (tertiary/aromatic N) is 5. The third-order valence-corrected chi connectivity index (χ3v) is 5.19. The lowest BCUT2D eigenvalue weighted by Gasteiger charge is -2.30. The Bertz CT molecular complexity index is 793. The van der Waals surface area contributed by atoms with Crippen LogP contribution in [0.25, 0.3) is 10.8 Å². The van der Waals surface area contributed by atoms with E-state index in [4.69, 9.17) is 4.42 Å². The summed E-state index contributed by atoms with van der Waals surface area (Å²) in [4.78, 5) is 12.1. The second-order valence-corrected chi connectivity index (χ2v) is 7.02. The van der Waals surface area contributed by atoms with Gasteiger partial charge in [0, 0.05) is 18.7 Å². The number of hydrogen-bond acceptors (Lipinski definition) is 7. The maximum atomic E-state index is 5.89. The minimum Gasteiger partial charge on any atom is -0.420 e. The smallest absolute Gasteiger partial charge is 0.257 e. The van der Waals surface area contributed by atoms with Gasteiger partial charge in [-0.25, -0.2) is 9.97 Å². The molecule has 24 heavy (non-hydrogen) atoms. The summed E-state index contributed by atoms with van der Waals surface area (Å²) in [5, 5.41) is 10.5. The van der Waals surface area contributed by atoms with Crippen LogP contribution < -0.4 is 0 Å². The first-order chi connectivity index (χ1) is 11.8. The maximum absolute atomic E-state index is 5.89. The van der Waals surface area contributed by atoms with Gasteiger partial charge in [0.25, 0.3) is 5.89 Å². The van der Waals surface area contributed by atoms with Crippen molar-refractivity contribution >= 4 is 11.3 Å². The molecular weight excluding hydrogens is 322 g/mol. The van der Waals surface area contributed by atoms with Gasteiger partial charge in [-0.15, -0.1) is 21.5 Å². The standard InChI is InChI=1S/C17H19N5OS/c1-12-18-7-4-14(19-12)11-22-8-5-13(6-9-22)16-20-21-17(23-16)15-3-2-10-24-15/h2-4,7,10,13H,5-6,8-9,11H2,1H3. The van der Waals surface area contributed by atoms with Crippen molar-refractivity contribution in [3.8, 4) is 10.8 Å². The molecule has 4 heterocycles. The van der Waals surface area contributed by atoms with Crippen molar-refractivity contribution in [2.75, 3.05) is 13.1 Å². The molecule has 0 unspecified atom stereocenters. The highest BCUT2D eigenvalue weighted by molar-refractivity contribution is 7.13. The molecule has 0 spiro atoms. The number of thiophene rings is 1. The van der Waals surface area contributed by atoms with Gasteiger partial charge in [-0.05, 0) is 50.4 Å². The number of hydrogen-bond donors (Lipinski definition) is 0. The van der Waals surface area contributed by atoms with E-state index in [0.717, 1.165) is 54.8 Å². The molecule has 0 atom stereocenters. The molecule has 3 aromatic heterocycles. The van der Waals surface area contributed by atoms with Crippen LogP contribution in [0.15, 0.2) is 34.2 Å². The lowest BCUT2D eigenvalue weighted by atomic mass is 9.97. The molecule has 0 amide bonds. The Morgan fingerprint density at radius 1 is 1.25 bits per heavy atom. The van der Waals surface area contributed by atoms with E-state index in [-0.39, 0.29) is 0 Å². The zero-order valence-electron chi connectivity index (χ0n) is 13.6. The van der Waals surface area contributed by atoms with Gasteiger partial charge in [0.05, 0.1) is 10.6 Å². The van der Waals surface area contributed by atoms with Crippen LogP contribution in [0, 0.1) is 6.92 Å². The van der Waals surface area contributed by atoms with Crippen LogP contribution >= 0.6 is 11.3 Å². The first kappa shape index (κ1) is 15.4. The lowest BCUT2D eigenvalue weighted by molar-refractivity contribution is 0.191. The van der Waals surface area contributed by atoms with E-state index in [1.54, 1.807) is 11.3 Å². The van der Waals surface area contributed by atoms with Gasteiger partial charge in [0.1, 0.15) is 5.82 Å². The molecule has 0 bridgehead atoms. The fourth-order valence-electron chi connectivity index (χ4n) is 3.06. The molecule has 4 rings (SSSR count). The Morgan fingerprint density at radius 2 is 2.12 bits per heavy atom. The minimum atomic E-state index is 0.356. The van der Waals surface area contributed by atoms with Crippen molar-refractivity contribution in [1.82, 2.24) is 25.1 Å². The van der Waals surface area contributed by atoms with Gasteiger partial charge in [0.15, 0.2) is 0 Å². The van der Waals surface area contributed by atoms with Crippen LogP contribution in [-0.2, 0) is 6.54 Å². The maximum Gasteiger partial charge on any atom is 0.257 e. The van der Waals surface area contributed by atoms with Crippen LogP contribution in [0.4, 0.5) is 0 Å². The molecule has 124 valence electrons. The summed E-state index contributed by atoms with van der Waals surface area (Å²) < 4.78 is 5.89. The molecule has 1 aliphatic heterocycles. The van der Waals surface area contributed by atoms with Crippen molar-refractivity contribution in [3.63, 3.8) is 0 Å². The van der Waals surface area contributed by atoms with E-state index in [9.17, 15) is 0 Å². The minimum absolute atomic E-state index is 0.356. The second kappa shape index (κ2) is 6.78. The van der Waals surface area contributed by atoms with Gasteiger partial charge in [-0.2, -0.15) is 0 Å². The van der Waals surface area contributed by atoms with Crippen LogP contribution in [0.5, 0.6) is 0 Å². The van der Waals surface area contributed by atoms with E-state index >= 15 is 0 Å². The number of aryl methyl sites for hydroxylation is 1. The third kappa shape index (κ3) is 3.37. The average Bonchev–Trinajstić information content (AvgIpc) is 3.27. The summed E-state index contributed by atoms with van der Waals surface area (Å²) in [6.45, 7) is 4.84. The molecule has 1 fully saturated rings. The summed E-state index contributed by atoms with van der Waals surface area (Å²) in [6.07, 6.45) is 3.90. The molecular formula is C17H19N5OS. The largest absolute Gasteiger partial charge is 0.420 e. The summed E-state index contributed by atoms with van der Waals surface area (Å²) >= 11 is 1.62. The Kier molecular flexibility index (Phi) is 4.36. The normalized spacial score (nSPS) is 16.5. The van der Waals surface area contributed by atoms with E-state index in [0.29, 0.717) is 11.8 Å². The molecule has 0 radical (unpaired) electrons. The van der Waals surface area contributed by atoms with Crippen molar-refractivity contribution in [2.24, 2.45) is 0 Å². The predicted molar refractivity (Wildman–Crippen MR) is 91.6 cm³/mol. The van der Waals surface area contributed by atoms with Gasteiger partial charge in [-0.3, -0.25) is 4.90 Å². The molecule has 7 heteroatoms. The monoisotopic (exact) mass is 341 g/mol. The van der Waals surface area contributed by atoms with Crippen molar-refractivity contribution in [1.29, 1.82) is 0 Å². The highest BCUT2D eigenvalue weighted by Crippen LogP contribution is 2.30. The first-order valence-corrected chi connectivity index (χ1v) is 9.04. The zero-order valence-corrected chi connectivity index (χ0v) is 14.4. The first-order valence-electron chi connectivity index (χ1n) is 8.16. The van der Waals surface area contributed by atoms with E-state index < -0.39 is 0 Å². The quantitative estimate of drug-likeness (QED) is 0.725. The highest BCUT2D eigenvalue weighted by Gasteiger charge is 2.25. The van der Waals surface area contributed by atoms with E-state index in [2.05, 4.69) is 25.1 Å². The summed E-state index contributed by atoms with van der Waals surface area (Å²) in [7, 11) is 0. The second-order valence-electron chi connectivity index (χ2n) is 6.07. The van der Waals surface area contributed by atoms with Crippen LogP contribution in [0.3, 0.4) is 0 Å². The Balaban J connectivity index is 1.36. The Labute approximate surface area is 144 Å². The molecule has 0 N–H and O–H groups in total. The molecule has 0 aromatic carbocycles. The topological polar surface area (TPSA) is 67.9 Å². The molecule has 6 nitrogen and oxygen atoms in total. The Morgan fingerprint density at radius 3 is 2.88 bits per heavy atom. The van der Waals surface area contributed by atoms with Gasteiger partial charge in [-0.1, -0.05) is 6.07 Å². The summed E-state index contributed by atoms with van der Waals surface area (Å²) in [5.74, 6) is 2.60. The van der Waals surface area contributed by atoms with Crippen molar-refractivity contribution in [2.45, 2.75) is 32.2 Å². The molecule has 0 saturated carbocycles. The molecule has 3 aromatic rings. The van der Waals surface area contributed by atoms with Gasteiger partial charge >= 0.3 is 0 Å². The average molecular weight is 341 g/mol. The third-order valence-electron chi connectivity index (χ3n) is 4.33. The SMILES string of the molecule is Cc1nccc(CN2CCC(c3nnc(-c4cccs4)o3)CC2)n1. The summed E-state index contributed by atoms with van der Waals surface area (Å²) in [5.41, 5.74) is 1.08. The number of piperidine rings is 1. The predicted octanol–water partition coefficient (Wildman–Crippen LogP) is 3.28. The van der Waals surface area contributed by atoms with Crippen LogP contribution in [0.2, 0.25) is 0 Å². The number of aromatic nitrogens is 4. The van der Waals surface area contributed by atoms with Gasteiger partial charge < -0.3 is 4.42 Å². The van der Waals surface area contributed by atoms with Crippen LogP contribution in [0.1, 0.15) is 36.2 Å². The fraction of sp³-hybridized carbons (Fsp3) is 0.412. The van der Waals surface area contributed by atoms with Crippen molar-refractivity contribution < 1.29 is 4.42 Å². The van der Waals surface area contributed by atoms with E-state index in [1.807, 2.05) is 36.7 Å². The Hall–Kier alpha value is -2.12. The van der Waals surface area contributed by atoms with Gasteiger partial charge in [0.2, 0.25) is 5.89 Å². The summed E-state index contributed by atoms with van der Waals surface area (Å²) in [6, 6.07) is 6.00. The highest BCUT2D eigenvalue weighted by atomic mass is 32.1. The molecule has 1 aliphatic rings. The van der Waals surface area contributed by atoms with Crippen molar-refractivity contribution in [3.05, 3.63) is 47.2 Å². The number of rotatable bonds is 4. The fourth-order valence-corrected chi connectivity index (χ4v) is 3.70. The molecule has 0 aliphatic carbocycles. The van der Waals surface area contributed by atoms with E-state index in [1.165, 1.54) is 0 Å². The molecule has 1 saturated heterocycles. The van der Waals surface area contributed by atoms with Crippen LogP contribution in [-0.4, -0.2) is 38.2 Å². The lowest BCUT2D eigenvalue weighted by Crippen LogP contribution is -2.32. The zero-order chi connectivity index (χ0) is 16.4.